The zero-order valence-electron chi connectivity index (χ0n) is 6.84. The number of carbonyl (C=O) groups excluding carboxylic acids is 1. The van der Waals surface area contributed by atoms with Crippen LogP contribution in [0, 0.1) is 5.82 Å². The molecular weight excluding hydrogens is 173 g/mol. The van der Waals surface area contributed by atoms with E-state index < -0.39 is 5.82 Å². The minimum absolute atomic E-state index is 0.00810. The average molecular weight is 181 g/mol. The van der Waals surface area contributed by atoms with Gasteiger partial charge in [-0.05, 0) is 12.1 Å². The molecule has 0 aliphatic carbocycles. The van der Waals surface area contributed by atoms with Crippen molar-refractivity contribution in [3.05, 3.63) is 23.5 Å². The lowest BCUT2D eigenvalue weighted by molar-refractivity contribution is 0.0928. The Morgan fingerprint density at radius 2 is 2.23 bits per heavy atom. The van der Waals surface area contributed by atoms with Crippen molar-refractivity contribution >= 4 is 11.5 Å². The van der Waals surface area contributed by atoms with Gasteiger partial charge in [0.1, 0.15) is 5.82 Å². The van der Waals surface area contributed by atoms with Gasteiger partial charge in [0.05, 0.1) is 17.9 Å². The lowest BCUT2D eigenvalue weighted by atomic mass is 10.0. The van der Waals surface area contributed by atoms with E-state index in [-0.39, 0.29) is 30.1 Å². The number of halogens is 1. The van der Waals surface area contributed by atoms with Gasteiger partial charge in [-0.3, -0.25) is 4.79 Å². The van der Waals surface area contributed by atoms with Gasteiger partial charge in [0, 0.05) is 6.42 Å². The van der Waals surface area contributed by atoms with Crippen LogP contribution in [0.3, 0.4) is 0 Å². The van der Waals surface area contributed by atoms with Gasteiger partial charge in [-0.15, -0.1) is 0 Å². The van der Waals surface area contributed by atoms with Crippen LogP contribution in [0.15, 0.2) is 12.1 Å². The number of ketones is 1. The molecule has 2 N–H and O–H groups in total. The molecule has 1 aromatic rings. The first-order valence-corrected chi connectivity index (χ1v) is 3.94. The molecule has 0 amide bonds. The maximum atomic E-state index is 13.1. The second-order valence-electron chi connectivity index (χ2n) is 2.86. The normalized spacial score (nSPS) is 15.0. The number of nitrogens with two attached hydrogens (primary N) is 1. The molecule has 4 heteroatoms. The van der Waals surface area contributed by atoms with Crippen LogP contribution in [-0.2, 0) is 0 Å². The zero-order valence-corrected chi connectivity index (χ0v) is 6.84. The lowest BCUT2D eigenvalue weighted by Crippen LogP contribution is -2.18. The third-order valence-corrected chi connectivity index (χ3v) is 1.99. The fourth-order valence-electron chi connectivity index (χ4n) is 1.36. The molecule has 0 saturated heterocycles. The largest absolute Gasteiger partial charge is 0.490 e. The molecule has 1 heterocycles. The lowest BCUT2D eigenvalue weighted by Gasteiger charge is -2.17. The Balaban J connectivity index is 2.67. The summed E-state index contributed by atoms with van der Waals surface area (Å²) in [4.78, 5) is 11.3. The van der Waals surface area contributed by atoms with Crippen molar-refractivity contribution in [3.8, 4) is 5.75 Å². The van der Waals surface area contributed by atoms with E-state index in [4.69, 9.17) is 10.5 Å². The molecule has 0 atom stereocenters. The molecule has 0 fully saturated rings. The molecule has 0 unspecified atom stereocenters. The van der Waals surface area contributed by atoms with Gasteiger partial charge < -0.3 is 10.5 Å². The van der Waals surface area contributed by atoms with Gasteiger partial charge >= 0.3 is 0 Å². The van der Waals surface area contributed by atoms with Crippen molar-refractivity contribution in [2.24, 2.45) is 0 Å². The molecule has 0 bridgehead atoms. The van der Waals surface area contributed by atoms with Gasteiger partial charge in [0.2, 0.25) is 0 Å². The molecule has 3 nitrogen and oxygen atoms in total. The van der Waals surface area contributed by atoms with E-state index in [1.54, 1.807) is 0 Å². The molecule has 0 spiro atoms. The van der Waals surface area contributed by atoms with Gasteiger partial charge in [-0.2, -0.15) is 0 Å². The van der Waals surface area contributed by atoms with Crippen LogP contribution >= 0.6 is 0 Å². The third kappa shape index (κ3) is 1.14. The second kappa shape index (κ2) is 2.73. The Morgan fingerprint density at radius 1 is 1.46 bits per heavy atom. The Morgan fingerprint density at radius 3 is 2.92 bits per heavy atom. The summed E-state index contributed by atoms with van der Waals surface area (Å²) in [5.74, 6) is -0.615. The van der Waals surface area contributed by atoms with Crippen molar-refractivity contribution in [1.29, 1.82) is 0 Å². The predicted molar refractivity (Wildman–Crippen MR) is 45.3 cm³/mol. The number of anilines is 1. The molecule has 1 aliphatic rings. The van der Waals surface area contributed by atoms with Crippen molar-refractivity contribution in [2.45, 2.75) is 6.42 Å². The number of fused-ring (bicyclic) bond motifs is 1. The highest BCUT2D eigenvalue weighted by molar-refractivity contribution is 6.01. The molecule has 2 rings (SSSR count). The maximum Gasteiger partial charge on any atom is 0.173 e. The summed E-state index contributed by atoms with van der Waals surface area (Å²) in [5, 5.41) is 0. The van der Waals surface area contributed by atoms with Crippen molar-refractivity contribution in [3.63, 3.8) is 0 Å². The number of rotatable bonds is 0. The zero-order chi connectivity index (χ0) is 9.42. The predicted octanol–water partition coefficient (Wildman–Crippen LogP) is 1.37. The Labute approximate surface area is 74.3 Å². The Bertz CT molecular complexity index is 376. The summed E-state index contributed by atoms with van der Waals surface area (Å²) in [6, 6.07) is 2.58. The van der Waals surface area contributed by atoms with Crippen LogP contribution < -0.4 is 10.5 Å². The third-order valence-electron chi connectivity index (χ3n) is 1.99. The maximum absolute atomic E-state index is 13.1. The summed E-state index contributed by atoms with van der Waals surface area (Å²) >= 11 is 0. The highest BCUT2D eigenvalue weighted by atomic mass is 19.1. The van der Waals surface area contributed by atoms with Crippen molar-refractivity contribution in [2.75, 3.05) is 12.3 Å². The summed E-state index contributed by atoms with van der Waals surface area (Å²) in [7, 11) is 0. The minimum atomic E-state index is -0.561. The number of benzene rings is 1. The van der Waals surface area contributed by atoms with Crippen molar-refractivity contribution in [1.82, 2.24) is 0 Å². The van der Waals surface area contributed by atoms with E-state index in [2.05, 4.69) is 0 Å². The highest BCUT2D eigenvalue weighted by Gasteiger charge is 2.24. The molecule has 0 aromatic heterocycles. The van der Waals surface area contributed by atoms with E-state index in [9.17, 15) is 9.18 Å². The van der Waals surface area contributed by atoms with E-state index in [0.717, 1.165) is 0 Å². The molecule has 68 valence electrons. The van der Waals surface area contributed by atoms with Crippen LogP contribution in [-0.4, -0.2) is 12.4 Å². The van der Waals surface area contributed by atoms with Crippen molar-refractivity contribution < 1.29 is 13.9 Å². The number of Topliss-reactive ketones (excluding diaryl/α,β-unsaturated/α-hetero) is 1. The first-order chi connectivity index (χ1) is 6.20. The molecule has 0 radical (unpaired) electrons. The van der Waals surface area contributed by atoms with Gasteiger partial charge in [-0.25, -0.2) is 4.39 Å². The van der Waals surface area contributed by atoms with Crippen LogP contribution in [0.25, 0.3) is 0 Å². The quantitative estimate of drug-likeness (QED) is 0.615. The van der Waals surface area contributed by atoms with Crippen LogP contribution in [0.4, 0.5) is 10.1 Å². The average Bonchev–Trinajstić information content (AvgIpc) is 2.12. The Hall–Kier alpha value is -1.58. The first-order valence-electron chi connectivity index (χ1n) is 3.94. The fourth-order valence-corrected chi connectivity index (χ4v) is 1.36. The van der Waals surface area contributed by atoms with Gasteiger partial charge in [0.15, 0.2) is 11.5 Å². The summed E-state index contributed by atoms with van der Waals surface area (Å²) in [6.45, 7) is 0.277. The topological polar surface area (TPSA) is 52.3 Å². The van der Waals surface area contributed by atoms with Crippen LogP contribution in [0.2, 0.25) is 0 Å². The van der Waals surface area contributed by atoms with Crippen LogP contribution in [0.1, 0.15) is 16.8 Å². The number of nitrogen functional groups attached to an aromatic ring is 1. The molecule has 1 aliphatic heterocycles. The summed E-state index contributed by atoms with van der Waals surface area (Å²) in [5.41, 5.74) is 5.83. The molecule has 13 heavy (non-hydrogen) atoms. The fraction of sp³-hybridized carbons (Fsp3) is 0.222. The second-order valence-corrected chi connectivity index (χ2v) is 2.86. The smallest absolute Gasteiger partial charge is 0.173 e. The molecular formula is C9H8FNO2. The minimum Gasteiger partial charge on any atom is -0.490 e. The first kappa shape index (κ1) is 8.04. The Kier molecular flexibility index (Phi) is 1.69. The number of hydrogen-bond acceptors (Lipinski definition) is 3. The highest BCUT2D eigenvalue weighted by Crippen LogP contribution is 2.32. The van der Waals surface area contributed by atoms with Gasteiger partial charge in [-0.1, -0.05) is 0 Å². The molecule has 1 aromatic carbocycles. The van der Waals surface area contributed by atoms with E-state index in [1.165, 1.54) is 12.1 Å². The van der Waals surface area contributed by atoms with E-state index >= 15 is 0 Å². The number of ether oxygens (including phenoxy) is 1. The van der Waals surface area contributed by atoms with Crippen LogP contribution in [0.5, 0.6) is 5.75 Å². The van der Waals surface area contributed by atoms with E-state index in [1.807, 2.05) is 0 Å². The summed E-state index contributed by atoms with van der Waals surface area (Å²) in [6.07, 6.45) is 0.216. The standard InChI is InChI=1S/C9H8FNO2/c10-5-1-2-6(11)9-8(5)7(12)3-4-13-9/h1-2H,3-4,11H2. The van der Waals surface area contributed by atoms with Gasteiger partial charge in [0.25, 0.3) is 0 Å². The summed E-state index contributed by atoms with van der Waals surface area (Å²) < 4.78 is 18.3. The SMILES string of the molecule is Nc1ccc(F)c2c1OCCC2=O. The number of hydrogen-bond donors (Lipinski definition) is 1. The number of carbonyl (C=O) groups is 1. The monoisotopic (exact) mass is 181 g/mol. The van der Waals surface area contributed by atoms with E-state index in [0.29, 0.717) is 5.69 Å². The molecule has 0 saturated carbocycles.